The highest BCUT2D eigenvalue weighted by Crippen LogP contribution is 2.25. The smallest absolute Gasteiger partial charge is 0.462 e. The number of hydrogen-bond acceptors (Lipinski definition) is 5. The molecule has 0 aliphatic carbocycles. The summed E-state index contributed by atoms with van der Waals surface area (Å²) in [4.78, 5) is 23.6. The lowest BCUT2D eigenvalue weighted by Crippen LogP contribution is -2.16. The summed E-state index contributed by atoms with van der Waals surface area (Å²) in [7, 11) is 0. The lowest BCUT2D eigenvalue weighted by Gasteiger charge is -2.10. The van der Waals surface area contributed by atoms with Gasteiger partial charge in [0.15, 0.2) is 5.75 Å². The molecule has 22 heavy (non-hydrogen) atoms. The minimum absolute atomic E-state index is 0.0537. The SMILES string of the molecule is CCOC(=O)c1ccccc1OC(=O)Oc1ccccc1Cl. The third kappa shape index (κ3) is 3.99. The Morgan fingerprint density at radius 3 is 2.23 bits per heavy atom. The normalized spacial score (nSPS) is 9.91. The Balaban J connectivity index is 2.12. The molecule has 5 nitrogen and oxygen atoms in total. The summed E-state index contributed by atoms with van der Waals surface area (Å²) >= 11 is 5.89. The topological polar surface area (TPSA) is 61.8 Å². The molecular formula is C16H13ClO5. The average molecular weight is 321 g/mol. The summed E-state index contributed by atoms with van der Waals surface area (Å²) in [5.41, 5.74) is 0.139. The zero-order chi connectivity index (χ0) is 15.9. The first-order valence-corrected chi connectivity index (χ1v) is 6.90. The quantitative estimate of drug-likeness (QED) is 0.627. The van der Waals surface area contributed by atoms with Crippen LogP contribution in [0.5, 0.6) is 11.5 Å². The Morgan fingerprint density at radius 1 is 0.955 bits per heavy atom. The van der Waals surface area contributed by atoms with Crippen molar-refractivity contribution in [2.75, 3.05) is 6.61 Å². The van der Waals surface area contributed by atoms with Crippen molar-refractivity contribution in [3.05, 3.63) is 59.1 Å². The average Bonchev–Trinajstić information content (AvgIpc) is 2.50. The number of esters is 1. The highest BCUT2D eigenvalue weighted by Gasteiger charge is 2.17. The molecular weight excluding hydrogens is 308 g/mol. The number of carbonyl (C=O) groups is 2. The standard InChI is InChI=1S/C16H13ClO5/c1-2-20-15(18)11-7-3-5-9-13(11)21-16(19)22-14-10-6-4-8-12(14)17/h3-10H,2H2,1H3. The number of para-hydroxylation sites is 2. The predicted molar refractivity (Wildman–Crippen MR) is 80.5 cm³/mol. The van der Waals surface area contributed by atoms with Crippen LogP contribution in [0.25, 0.3) is 0 Å². The van der Waals surface area contributed by atoms with Gasteiger partial charge in [0.05, 0.1) is 11.6 Å². The molecule has 0 aromatic heterocycles. The second-order valence-electron chi connectivity index (χ2n) is 4.10. The Hall–Kier alpha value is -2.53. The molecule has 0 spiro atoms. The van der Waals surface area contributed by atoms with Gasteiger partial charge in [-0.05, 0) is 31.2 Å². The van der Waals surface area contributed by atoms with Gasteiger partial charge < -0.3 is 14.2 Å². The van der Waals surface area contributed by atoms with E-state index in [2.05, 4.69) is 0 Å². The van der Waals surface area contributed by atoms with Crippen molar-refractivity contribution in [3.8, 4) is 11.5 Å². The van der Waals surface area contributed by atoms with Gasteiger partial charge in [0.25, 0.3) is 0 Å². The molecule has 2 aromatic rings. The molecule has 0 bridgehead atoms. The number of halogens is 1. The van der Waals surface area contributed by atoms with Crippen LogP contribution in [-0.2, 0) is 4.74 Å². The van der Waals surface area contributed by atoms with Crippen LogP contribution in [0.1, 0.15) is 17.3 Å². The molecule has 0 heterocycles. The maximum absolute atomic E-state index is 11.8. The first-order valence-electron chi connectivity index (χ1n) is 6.52. The predicted octanol–water partition coefficient (Wildman–Crippen LogP) is 4.09. The van der Waals surface area contributed by atoms with Gasteiger partial charge in [-0.3, -0.25) is 0 Å². The Morgan fingerprint density at radius 2 is 1.55 bits per heavy atom. The van der Waals surface area contributed by atoms with Crippen molar-refractivity contribution in [2.24, 2.45) is 0 Å². The molecule has 0 radical (unpaired) electrons. The summed E-state index contributed by atoms with van der Waals surface area (Å²) in [6.07, 6.45) is -0.996. The van der Waals surface area contributed by atoms with Gasteiger partial charge in [-0.25, -0.2) is 9.59 Å². The van der Waals surface area contributed by atoms with E-state index >= 15 is 0 Å². The molecule has 2 aromatic carbocycles. The second-order valence-corrected chi connectivity index (χ2v) is 4.51. The van der Waals surface area contributed by atoms with E-state index in [0.29, 0.717) is 0 Å². The molecule has 0 saturated carbocycles. The first kappa shape index (κ1) is 15.9. The summed E-state index contributed by atoms with van der Waals surface area (Å²) in [6, 6.07) is 12.7. The lowest BCUT2D eigenvalue weighted by molar-refractivity contribution is 0.0522. The minimum atomic E-state index is -0.996. The lowest BCUT2D eigenvalue weighted by atomic mass is 10.2. The van der Waals surface area contributed by atoms with Gasteiger partial charge in [0.2, 0.25) is 0 Å². The Kier molecular flexibility index (Phi) is 5.38. The maximum Gasteiger partial charge on any atom is 0.519 e. The molecule has 114 valence electrons. The number of ether oxygens (including phenoxy) is 3. The monoisotopic (exact) mass is 320 g/mol. The van der Waals surface area contributed by atoms with E-state index in [-0.39, 0.29) is 28.7 Å². The highest BCUT2D eigenvalue weighted by atomic mass is 35.5. The molecule has 6 heteroatoms. The van der Waals surface area contributed by atoms with E-state index in [1.54, 1.807) is 37.3 Å². The van der Waals surface area contributed by atoms with Gasteiger partial charge in [0, 0.05) is 0 Å². The second kappa shape index (κ2) is 7.47. The van der Waals surface area contributed by atoms with Crippen LogP contribution in [0.2, 0.25) is 5.02 Å². The van der Waals surface area contributed by atoms with Crippen molar-refractivity contribution >= 4 is 23.7 Å². The molecule has 0 N–H and O–H groups in total. The van der Waals surface area contributed by atoms with Crippen LogP contribution in [0.4, 0.5) is 4.79 Å². The van der Waals surface area contributed by atoms with E-state index in [9.17, 15) is 9.59 Å². The Bertz CT molecular complexity index is 684. The maximum atomic E-state index is 11.8. The third-order valence-corrected chi connectivity index (χ3v) is 2.92. The zero-order valence-corrected chi connectivity index (χ0v) is 12.5. The minimum Gasteiger partial charge on any atom is -0.462 e. The first-order chi connectivity index (χ1) is 10.6. The van der Waals surface area contributed by atoms with Crippen molar-refractivity contribution in [2.45, 2.75) is 6.92 Å². The van der Waals surface area contributed by atoms with E-state index in [1.165, 1.54) is 18.2 Å². The molecule has 0 saturated heterocycles. The van der Waals surface area contributed by atoms with Crippen molar-refractivity contribution in [1.82, 2.24) is 0 Å². The van der Waals surface area contributed by atoms with Crippen LogP contribution in [0.3, 0.4) is 0 Å². The molecule has 2 rings (SSSR count). The van der Waals surface area contributed by atoms with Crippen LogP contribution in [0.15, 0.2) is 48.5 Å². The van der Waals surface area contributed by atoms with Crippen molar-refractivity contribution in [1.29, 1.82) is 0 Å². The van der Waals surface area contributed by atoms with Gasteiger partial charge in [-0.1, -0.05) is 35.9 Å². The molecule has 0 aliphatic rings. The van der Waals surface area contributed by atoms with Crippen molar-refractivity contribution in [3.63, 3.8) is 0 Å². The number of benzene rings is 2. The van der Waals surface area contributed by atoms with Gasteiger partial charge in [-0.15, -0.1) is 0 Å². The molecule has 0 unspecified atom stereocenters. The van der Waals surface area contributed by atoms with E-state index in [4.69, 9.17) is 25.8 Å². The molecule has 0 fully saturated rings. The zero-order valence-electron chi connectivity index (χ0n) is 11.7. The van der Waals surface area contributed by atoms with Crippen LogP contribution in [0, 0.1) is 0 Å². The van der Waals surface area contributed by atoms with E-state index in [0.717, 1.165) is 0 Å². The van der Waals surface area contributed by atoms with Gasteiger partial charge >= 0.3 is 12.1 Å². The molecule has 0 aliphatic heterocycles. The summed E-state index contributed by atoms with van der Waals surface area (Å²) in [6.45, 7) is 1.91. The summed E-state index contributed by atoms with van der Waals surface area (Å²) < 4.78 is 14.9. The fourth-order valence-corrected chi connectivity index (χ4v) is 1.84. The van der Waals surface area contributed by atoms with E-state index in [1.807, 2.05) is 0 Å². The van der Waals surface area contributed by atoms with Gasteiger partial charge in [-0.2, -0.15) is 0 Å². The summed E-state index contributed by atoms with van der Waals surface area (Å²) in [5.74, 6) is -0.357. The Labute approximate surface area is 132 Å². The molecule has 0 atom stereocenters. The van der Waals surface area contributed by atoms with Crippen molar-refractivity contribution < 1.29 is 23.8 Å². The number of rotatable bonds is 4. The molecule has 0 amide bonds. The largest absolute Gasteiger partial charge is 0.519 e. The number of hydrogen-bond donors (Lipinski definition) is 0. The van der Waals surface area contributed by atoms with Crippen LogP contribution >= 0.6 is 11.6 Å². The fraction of sp³-hybridized carbons (Fsp3) is 0.125. The fourth-order valence-electron chi connectivity index (χ4n) is 1.66. The van der Waals surface area contributed by atoms with Gasteiger partial charge in [0.1, 0.15) is 11.3 Å². The number of carbonyl (C=O) groups excluding carboxylic acids is 2. The highest BCUT2D eigenvalue weighted by molar-refractivity contribution is 6.32. The van der Waals surface area contributed by atoms with E-state index < -0.39 is 12.1 Å². The van der Waals surface area contributed by atoms with Crippen LogP contribution in [-0.4, -0.2) is 18.7 Å². The van der Waals surface area contributed by atoms with Crippen LogP contribution < -0.4 is 9.47 Å². The summed E-state index contributed by atoms with van der Waals surface area (Å²) in [5, 5.41) is 0.276. The third-order valence-electron chi connectivity index (χ3n) is 2.61.